The molecule has 0 aromatic carbocycles. The van der Waals surface area contributed by atoms with E-state index >= 15 is 0 Å². The third kappa shape index (κ3) is 5.80. The number of unbranched alkanes of at least 4 members (excludes halogenated alkanes) is 1. The first-order valence-electron chi connectivity index (χ1n) is 8.04. The first kappa shape index (κ1) is 17.4. The van der Waals surface area contributed by atoms with Crippen molar-refractivity contribution in [2.75, 3.05) is 20.2 Å². The minimum absolute atomic E-state index is 0.0934. The van der Waals surface area contributed by atoms with Crippen LogP contribution in [0.15, 0.2) is 0 Å². The highest BCUT2D eigenvalue weighted by Gasteiger charge is 2.39. The normalized spacial score (nSPS) is 18.4. The zero-order valence-corrected chi connectivity index (χ0v) is 13.9. The molecule has 0 radical (unpaired) electrons. The summed E-state index contributed by atoms with van der Waals surface area (Å²) >= 11 is 0. The highest BCUT2D eigenvalue weighted by atomic mass is 16.5. The minimum Gasteiger partial charge on any atom is -0.465 e. The fourth-order valence-corrected chi connectivity index (χ4v) is 2.30. The Labute approximate surface area is 124 Å². The molecule has 1 rings (SSSR count). The lowest BCUT2D eigenvalue weighted by Gasteiger charge is -2.29. The summed E-state index contributed by atoms with van der Waals surface area (Å²) in [6.45, 7) is 9.81. The number of ether oxygens (including phenoxy) is 1. The Morgan fingerprint density at radius 3 is 2.55 bits per heavy atom. The second-order valence-corrected chi connectivity index (χ2v) is 6.50. The number of rotatable bonds is 10. The van der Waals surface area contributed by atoms with E-state index in [1.807, 2.05) is 13.8 Å². The molecule has 0 aromatic rings. The number of hydrogen-bond donors (Lipinski definition) is 1. The number of carbonyl (C=O) groups excluding carboxylic acids is 1. The predicted octanol–water partition coefficient (Wildman–Crippen LogP) is 2.57. The average Bonchev–Trinajstić information content (AvgIpc) is 3.18. The molecular formula is C16H32N2O2. The van der Waals surface area contributed by atoms with Gasteiger partial charge in [-0.3, -0.25) is 10.1 Å². The van der Waals surface area contributed by atoms with Crippen LogP contribution in [-0.2, 0) is 9.53 Å². The summed E-state index contributed by atoms with van der Waals surface area (Å²) in [7, 11) is 2.15. The third-order valence-electron chi connectivity index (χ3n) is 4.15. The average molecular weight is 284 g/mol. The second-order valence-electron chi connectivity index (χ2n) is 6.50. The van der Waals surface area contributed by atoms with Crippen molar-refractivity contribution in [2.45, 2.75) is 77.4 Å². The zero-order chi connectivity index (χ0) is 15.2. The molecule has 4 heteroatoms. The van der Waals surface area contributed by atoms with Gasteiger partial charge in [-0.05, 0) is 73.4 Å². The molecule has 0 aliphatic heterocycles. The van der Waals surface area contributed by atoms with Gasteiger partial charge in [0.1, 0.15) is 5.54 Å². The van der Waals surface area contributed by atoms with Gasteiger partial charge in [0.15, 0.2) is 0 Å². The van der Waals surface area contributed by atoms with Crippen molar-refractivity contribution >= 4 is 5.97 Å². The number of carbonyl (C=O) groups is 1. The molecule has 1 fully saturated rings. The molecule has 1 aliphatic carbocycles. The van der Waals surface area contributed by atoms with E-state index in [1.165, 1.54) is 12.8 Å². The SMILES string of the molecule is CCOC(=O)C(C)(CCCCN(C)C(C)C)NC1CC1. The molecule has 1 aliphatic rings. The van der Waals surface area contributed by atoms with E-state index in [0.717, 1.165) is 25.8 Å². The van der Waals surface area contributed by atoms with Crippen molar-refractivity contribution in [1.82, 2.24) is 10.2 Å². The molecule has 0 aromatic heterocycles. The van der Waals surface area contributed by atoms with Crippen LogP contribution in [0.3, 0.4) is 0 Å². The van der Waals surface area contributed by atoms with Gasteiger partial charge in [-0.15, -0.1) is 0 Å². The molecule has 0 saturated heterocycles. The van der Waals surface area contributed by atoms with Crippen LogP contribution >= 0.6 is 0 Å². The Morgan fingerprint density at radius 1 is 1.40 bits per heavy atom. The summed E-state index contributed by atoms with van der Waals surface area (Å²) in [5.74, 6) is -0.0934. The van der Waals surface area contributed by atoms with Crippen molar-refractivity contribution in [1.29, 1.82) is 0 Å². The van der Waals surface area contributed by atoms with E-state index in [2.05, 4.69) is 31.1 Å². The second kappa shape index (κ2) is 7.99. The summed E-state index contributed by atoms with van der Waals surface area (Å²) in [5, 5.41) is 3.47. The standard InChI is InChI=1S/C16H32N2O2/c1-6-20-15(19)16(4,17-14-9-10-14)11-7-8-12-18(5)13(2)3/h13-14,17H,6-12H2,1-5H3. The van der Waals surface area contributed by atoms with Crippen LogP contribution < -0.4 is 5.32 Å². The minimum atomic E-state index is -0.506. The van der Waals surface area contributed by atoms with E-state index < -0.39 is 5.54 Å². The van der Waals surface area contributed by atoms with E-state index in [1.54, 1.807) is 0 Å². The van der Waals surface area contributed by atoms with Gasteiger partial charge in [0.2, 0.25) is 0 Å². The van der Waals surface area contributed by atoms with E-state index in [4.69, 9.17) is 4.74 Å². The maximum atomic E-state index is 12.2. The van der Waals surface area contributed by atoms with Crippen LogP contribution in [0.2, 0.25) is 0 Å². The fourth-order valence-electron chi connectivity index (χ4n) is 2.30. The lowest BCUT2D eigenvalue weighted by atomic mass is 9.94. The Kier molecular flexibility index (Phi) is 6.96. The van der Waals surface area contributed by atoms with Gasteiger partial charge in [0.25, 0.3) is 0 Å². The number of hydrogen-bond acceptors (Lipinski definition) is 4. The fraction of sp³-hybridized carbons (Fsp3) is 0.938. The van der Waals surface area contributed by atoms with Crippen molar-refractivity contribution in [3.05, 3.63) is 0 Å². The van der Waals surface area contributed by atoms with E-state index in [-0.39, 0.29) is 5.97 Å². The topological polar surface area (TPSA) is 41.6 Å². The predicted molar refractivity (Wildman–Crippen MR) is 82.8 cm³/mol. The van der Waals surface area contributed by atoms with Gasteiger partial charge in [0.05, 0.1) is 6.61 Å². The zero-order valence-electron chi connectivity index (χ0n) is 13.9. The summed E-state index contributed by atoms with van der Waals surface area (Å²) in [5.41, 5.74) is -0.506. The van der Waals surface area contributed by atoms with Gasteiger partial charge in [-0.25, -0.2) is 0 Å². The summed E-state index contributed by atoms with van der Waals surface area (Å²) < 4.78 is 5.24. The van der Waals surface area contributed by atoms with Crippen LogP contribution in [0.4, 0.5) is 0 Å². The molecule has 1 N–H and O–H groups in total. The van der Waals surface area contributed by atoms with Crippen molar-refractivity contribution in [3.8, 4) is 0 Å². The Hall–Kier alpha value is -0.610. The molecule has 0 amide bonds. The van der Waals surface area contributed by atoms with Gasteiger partial charge in [-0.1, -0.05) is 0 Å². The van der Waals surface area contributed by atoms with Crippen molar-refractivity contribution in [3.63, 3.8) is 0 Å². The Balaban J connectivity index is 2.38. The Bertz CT molecular complexity index is 303. The first-order valence-corrected chi connectivity index (χ1v) is 8.04. The summed E-state index contributed by atoms with van der Waals surface area (Å²) in [6, 6.07) is 1.10. The molecule has 0 heterocycles. The molecule has 0 bridgehead atoms. The van der Waals surface area contributed by atoms with Crippen LogP contribution in [0.25, 0.3) is 0 Å². The molecule has 118 valence electrons. The molecule has 0 spiro atoms. The van der Waals surface area contributed by atoms with Crippen LogP contribution in [-0.4, -0.2) is 48.7 Å². The smallest absolute Gasteiger partial charge is 0.326 e. The van der Waals surface area contributed by atoms with E-state index in [0.29, 0.717) is 18.7 Å². The van der Waals surface area contributed by atoms with Crippen molar-refractivity contribution in [2.24, 2.45) is 0 Å². The third-order valence-corrected chi connectivity index (χ3v) is 4.15. The van der Waals surface area contributed by atoms with Crippen LogP contribution in [0.1, 0.15) is 59.8 Å². The van der Waals surface area contributed by atoms with Crippen LogP contribution in [0.5, 0.6) is 0 Å². The number of esters is 1. The van der Waals surface area contributed by atoms with E-state index in [9.17, 15) is 4.79 Å². The molecule has 1 atom stereocenters. The van der Waals surface area contributed by atoms with Crippen molar-refractivity contribution < 1.29 is 9.53 Å². The monoisotopic (exact) mass is 284 g/mol. The maximum absolute atomic E-state index is 12.2. The Morgan fingerprint density at radius 2 is 2.05 bits per heavy atom. The van der Waals surface area contributed by atoms with Gasteiger partial charge in [-0.2, -0.15) is 0 Å². The highest BCUT2D eigenvalue weighted by Crippen LogP contribution is 2.26. The number of nitrogens with one attached hydrogen (secondary N) is 1. The maximum Gasteiger partial charge on any atom is 0.326 e. The first-order chi connectivity index (χ1) is 9.39. The number of nitrogens with zero attached hydrogens (tertiary/aromatic N) is 1. The molecule has 20 heavy (non-hydrogen) atoms. The largest absolute Gasteiger partial charge is 0.465 e. The lowest BCUT2D eigenvalue weighted by Crippen LogP contribution is -2.51. The van der Waals surface area contributed by atoms with Gasteiger partial charge in [0, 0.05) is 12.1 Å². The van der Waals surface area contributed by atoms with Crippen LogP contribution in [0, 0.1) is 0 Å². The van der Waals surface area contributed by atoms with Gasteiger partial charge < -0.3 is 9.64 Å². The highest BCUT2D eigenvalue weighted by molar-refractivity contribution is 5.80. The molecular weight excluding hydrogens is 252 g/mol. The molecule has 1 saturated carbocycles. The quantitative estimate of drug-likeness (QED) is 0.494. The molecule has 4 nitrogen and oxygen atoms in total. The van der Waals surface area contributed by atoms with Gasteiger partial charge >= 0.3 is 5.97 Å². The summed E-state index contributed by atoms with van der Waals surface area (Å²) in [4.78, 5) is 14.5. The summed E-state index contributed by atoms with van der Waals surface area (Å²) in [6.07, 6.45) is 5.40. The lowest BCUT2D eigenvalue weighted by molar-refractivity contribution is -0.151. The molecule has 1 unspecified atom stereocenters.